The van der Waals surface area contributed by atoms with Crippen LogP contribution in [0, 0.1) is 12.7 Å². The number of hydrogen-bond acceptors (Lipinski definition) is 4. The molecule has 0 bridgehead atoms. The third kappa shape index (κ3) is 3.42. The van der Waals surface area contributed by atoms with Gasteiger partial charge in [0.25, 0.3) is 10.0 Å². The summed E-state index contributed by atoms with van der Waals surface area (Å²) in [4.78, 5) is 10.6. The first-order valence-electron chi connectivity index (χ1n) is 5.51. The van der Waals surface area contributed by atoms with Crippen LogP contribution in [0.2, 0.25) is 0 Å². The Balaban J connectivity index is 2.37. The van der Waals surface area contributed by atoms with Crippen molar-refractivity contribution in [3.63, 3.8) is 0 Å². The maximum atomic E-state index is 13.3. The number of halogens is 2. The molecule has 0 fully saturated rings. The number of carboxylic acids is 1. The largest absolute Gasteiger partial charge is 0.477 e. The van der Waals surface area contributed by atoms with Gasteiger partial charge < -0.3 is 5.11 Å². The van der Waals surface area contributed by atoms with Gasteiger partial charge >= 0.3 is 5.97 Å². The van der Waals surface area contributed by atoms with Crippen LogP contribution in [0.4, 0.5) is 10.1 Å². The van der Waals surface area contributed by atoms with Gasteiger partial charge in [-0.05, 0) is 46.6 Å². The molecule has 2 aromatic rings. The van der Waals surface area contributed by atoms with Crippen molar-refractivity contribution in [1.82, 2.24) is 0 Å². The summed E-state index contributed by atoms with van der Waals surface area (Å²) in [6.45, 7) is 1.56. The standard InChI is InChI=1S/C12H9BrFNO4S2/c1-6-2-9(14)8(13)4-10(6)15-21(18,19)7-3-11(12(16)17)20-5-7/h2-5,15H,1H3,(H,16,17). The number of hydrogen-bond donors (Lipinski definition) is 2. The van der Waals surface area contributed by atoms with E-state index in [1.165, 1.54) is 17.5 Å². The lowest BCUT2D eigenvalue weighted by Crippen LogP contribution is -2.13. The number of aryl methyl sites for hydroxylation is 1. The van der Waals surface area contributed by atoms with E-state index in [0.29, 0.717) is 5.56 Å². The average Bonchev–Trinajstić information content (AvgIpc) is 2.86. The van der Waals surface area contributed by atoms with Crippen LogP contribution in [-0.4, -0.2) is 19.5 Å². The van der Waals surface area contributed by atoms with E-state index in [2.05, 4.69) is 20.7 Å². The van der Waals surface area contributed by atoms with Crippen molar-refractivity contribution in [2.24, 2.45) is 0 Å². The molecule has 2 rings (SSSR count). The zero-order valence-electron chi connectivity index (χ0n) is 10.6. The van der Waals surface area contributed by atoms with E-state index in [9.17, 15) is 17.6 Å². The molecule has 0 saturated heterocycles. The number of rotatable bonds is 4. The third-order valence-electron chi connectivity index (χ3n) is 2.61. The van der Waals surface area contributed by atoms with Gasteiger partial charge in [-0.1, -0.05) is 0 Å². The number of benzene rings is 1. The molecule has 1 aromatic carbocycles. The molecule has 0 aliphatic carbocycles. The van der Waals surface area contributed by atoms with Gasteiger partial charge in [0.1, 0.15) is 10.7 Å². The normalized spacial score (nSPS) is 11.4. The van der Waals surface area contributed by atoms with Crippen LogP contribution in [0.15, 0.2) is 32.9 Å². The van der Waals surface area contributed by atoms with Crippen molar-refractivity contribution in [2.45, 2.75) is 11.8 Å². The summed E-state index contributed by atoms with van der Waals surface area (Å²) in [5.74, 6) is -1.69. The Morgan fingerprint density at radius 2 is 2.05 bits per heavy atom. The van der Waals surface area contributed by atoms with Crippen molar-refractivity contribution in [3.05, 3.63) is 44.3 Å². The zero-order chi connectivity index (χ0) is 15.8. The van der Waals surface area contributed by atoms with Crippen LogP contribution in [0.5, 0.6) is 0 Å². The lowest BCUT2D eigenvalue weighted by molar-refractivity contribution is 0.0702. The second-order valence-corrected chi connectivity index (χ2v) is 7.59. The van der Waals surface area contributed by atoms with Crippen LogP contribution in [0.3, 0.4) is 0 Å². The molecule has 0 aliphatic heterocycles. The fraction of sp³-hybridized carbons (Fsp3) is 0.0833. The average molecular weight is 394 g/mol. The molecule has 112 valence electrons. The monoisotopic (exact) mass is 393 g/mol. The molecule has 0 saturated carbocycles. The molecular weight excluding hydrogens is 385 g/mol. The second-order valence-electron chi connectivity index (χ2n) is 4.14. The Bertz CT molecular complexity index is 817. The number of aromatic carboxylic acids is 1. The molecule has 2 N–H and O–H groups in total. The van der Waals surface area contributed by atoms with Crippen molar-refractivity contribution in [2.75, 3.05) is 4.72 Å². The van der Waals surface area contributed by atoms with Crippen molar-refractivity contribution in [1.29, 1.82) is 0 Å². The minimum atomic E-state index is -3.92. The summed E-state index contributed by atoms with van der Waals surface area (Å²) in [6, 6.07) is 3.58. The Morgan fingerprint density at radius 1 is 1.38 bits per heavy atom. The van der Waals surface area contributed by atoms with E-state index in [4.69, 9.17) is 5.11 Å². The highest BCUT2D eigenvalue weighted by Crippen LogP contribution is 2.27. The van der Waals surface area contributed by atoms with Gasteiger partial charge in [-0.3, -0.25) is 4.72 Å². The molecule has 1 aromatic heterocycles. The van der Waals surface area contributed by atoms with Gasteiger partial charge in [0.15, 0.2) is 0 Å². The summed E-state index contributed by atoms with van der Waals surface area (Å²) in [5.41, 5.74) is 0.624. The summed E-state index contributed by atoms with van der Waals surface area (Å²) < 4.78 is 40.1. The number of anilines is 1. The molecule has 0 radical (unpaired) electrons. The summed E-state index contributed by atoms with van der Waals surface area (Å²) in [6.07, 6.45) is 0. The van der Waals surface area contributed by atoms with Gasteiger partial charge in [0.05, 0.1) is 15.1 Å². The molecule has 5 nitrogen and oxygen atoms in total. The van der Waals surface area contributed by atoms with Gasteiger partial charge in [0.2, 0.25) is 0 Å². The maximum absolute atomic E-state index is 13.3. The zero-order valence-corrected chi connectivity index (χ0v) is 13.8. The summed E-state index contributed by atoms with van der Waals surface area (Å²) in [5, 5.41) is 10.0. The Labute approximate surface area is 132 Å². The van der Waals surface area contributed by atoms with E-state index in [-0.39, 0.29) is 19.9 Å². The van der Waals surface area contributed by atoms with E-state index >= 15 is 0 Å². The Kier molecular flexibility index (Phi) is 4.35. The predicted molar refractivity (Wildman–Crippen MR) is 80.9 cm³/mol. The fourth-order valence-corrected chi connectivity index (χ4v) is 4.11. The van der Waals surface area contributed by atoms with Crippen LogP contribution < -0.4 is 4.72 Å². The van der Waals surface area contributed by atoms with Gasteiger partial charge in [-0.15, -0.1) is 11.3 Å². The first-order chi connectivity index (χ1) is 9.70. The molecule has 0 atom stereocenters. The van der Waals surface area contributed by atoms with E-state index < -0.39 is 21.8 Å². The number of carbonyl (C=O) groups is 1. The number of thiophene rings is 1. The Hall–Kier alpha value is -1.45. The lowest BCUT2D eigenvalue weighted by atomic mass is 10.2. The highest BCUT2D eigenvalue weighted by Gasteiger charge is 2.20. The number of carboxylic acid groups (broad SMARTS) is 1. The molecule has 0 unspecified atom stereocenters. The van der Waals surface area contributed by atoms with Crippen molar-refractivity contribution < 1.29 is 22.7 Å². The minimum absolute atomic E-state index is 0.0765. The quantitative estimate of drug-likeness (QED) is 0.832. The molecule has 1 heterocycles. The molecular formula is C12H9BrFNO4S2. The predicted octanol–water partition coefficient (Wildman–Crippen LogP) is 3.46. The van der Waals surface area contributed by atoms with Crippen LogP contribution in [0.1, 0.15) is 15.2 Å². The van der Waals surface area contributed by atoms with Gasteiger partial charge in [0, 0.05) is 5.38 Å². The molecule has 0 amide bonds. The summed E-state index contributed by atoms with van der Waals surface area (Å²) in [7, 11) is -3.92. The maximum Gasteiger partial charge on any atom is 0.345 e. The van der Waals surface area contributed by atoms with E-state index in [1.807, 2.05) is 0 Å². The first kappa shape index (κ1) is 15.9. The molecule has 21 heavy (non-hydrogen) atoms. The number of sulfonamides is 1. The Morgan fingerprint density at radius 3 is 2.62 bits per heavy atom. The highest BCUT2D eigenvalue weighted by molar-refractivity contribution is 9.10. The second kappa shape index (κ2) is 5.74. The summed E-state index contributed by atoms with van der Waals surface area (Å²) >= 11 is 3.80. The minimum Gasteiger partial charge on any atom is -0.477 e. The van der Waals surface area contributed by atoms with Crippen LogP contribution >= 0.6 is 27.3 Å². The van der Waals surface area contributed by atoms with Crippen molar-refractivity contribution in [3.8, 4) is 0 Å². The smallest absolute Gasteiger partial charge is 0.345 e. The van der Waals surface area contributed by atoms with Crippen LogP contribution in [0.25, 0.3) is 0 Å². The highest BCUT2D eigenvalue weighted by atomic mass is 79.9. The third-order valence-corrected chi connectivity index (χ3v) is 5.63. The van der Waals surface area contributed by atoms with Gasteiger partial charge in [-0.25, -0.2) is 17.6 Å². The molecule has 0 spiro atoms. The SMILES string of the molecule is Cc1cc(F)c(Br)cc1NS(=O)(=O)c1csc(C(=O)O)c1. The van der Waals surface area contributed by atoms with E-state index in [1.54, 1.807) is 6.92 Å². The van der Waals surface area contributed by atoms with Crippen molar-refractivity contribution >= 4 is 48.9 Å². The number of nitrogens with one attached hydrogen (secondary N) is 1. The first-order valence-corrected chi connectivity index (χ1v) is 8.66. The van der Waals surface area contributed by atoms with Gasteiger partial charge in [-0.2, -0.15) is 0 Å². The fourth-order valence-electron chi connectivity index (χ4n) is 1.53. The molecule has 9 heteroatoms. The molecule has 0 aliphatic rings. The van der Waals surface area contributed by atoms with Crippen LogP contribution in [-0.2, 0) is 10.0 Å². The van der Waals surface area contributed by atoms with E-state index in [0.717, 1.165) is 17.4 Å². The lowest BCUT2D eigenvalue weighted by Gasteiger charge is -2.10. The topological polar surface area (TPSA) is 83.5 Å².